The Morgan fingerprint density at radius 3 is 2.48 bits per heavy atom. The number of nitrogens with one attached hydrogen (secondary N) is 1. The Balaban J connectivity index is 1.43. The molecule has 0 bridgehead atoms. The number of piperazine rings is 1. The Labute approximate surface area is 181 Å². The van der Waals surface area contributed by atoms with Crippen molar-refractivity contribution in [1.29, 1.82) is 0 Å². The molecule has 1 N–H and O–H groups in total. The van der Waals surface area contributed by atoms with Gasteiger partial charge in [0, 0.05) is 54.9 Å². The van der Waals surface area contributed by atoms with E-state index in [0.29, 0.717) is 37.5 Å². The van der Waals surface area contributed by atoms with Gasteiger partial charge in [-0.2, -0.15) is 4.31 Å². The fourth-order valence-electron chi connectivity index (χ4n) is 3.85. The molecule has 0 unspecified atom stereocenters. The fraction of sp³-hybridized carbons (Fsp3) is 0.318. The second-order valence-electron chi connectivity index (χ2n) is 7.37. The lowest BCUT2D eigenvalue weighted by atomic mass is 10.1. The van der Waals surface area contributed by atoms with Gasteiger partial charge >= 0.3 is 0 Å². The third-order valence-electron chi connectivity index (χ3n) is 5.58. The Bertz CT molecular complexity index is 1200. The summed E-state index contributed by atoms with van der Waals surface area (Å²) in [5.74, 6) is 0.790. The Hall–Kier alpha value is -2.88. The summed E-state index contributed by atoms with van der Waals surface area (Å²) in [6.07, 6.45) is 1.74. The van der Waals surface area contributed by atoms with Crippen molar-refractivity contribution in [2.24, 2.45) is 0 Å². The van der Waals surface area contributed by atoms with E-state index in [1.807, 2.05) is 29.2 Å². The first-order chi connectivity index (χ1) is 14.9. The molecule has 0 radical (unpaired) electrons. The maximum atomic E-state index is 13.1. The van der Waals surface area contributed by atoms with E-state index in [9.17, 15) is 13.2 Å². The number of nitrogens with zero attached hydrogens (tertiary/aromatic N) is 2. The molecule has 8 nitrogen and oxygen atoms in total. The lowest BCUT2D eigenvalue weighted by Crippen LogP contribution is -2.49. The molecule has 0 spiro atoms. The zero-order chi connectivity index (χ0) is 22.0. The second kappa shape index (κ2) is 8.70. The number of carbonyl (C=O) groups is 1. The first kappa shape index (κ1) is 21.4. The van der Waals surface area contributed by atoms with Crippen molar-refractivity contribution in [2.45, 2.75) is 4.90 Å². The summed E-state index contributed by atoms with van der Waals surface area (Å²) in [5.41, 5.74) is 1.59. The number of ether oxygens (including phenoxy) is 2. The summed E-state index contributed by atoms with van der Waals surface area (Å²) in [4.78, 5) is 18.0. The first-order valence-electron chi connectivity index (χ1n) is 9.98. The van der Waals surface area contributed by atoms with Crippen LogP contribution in [0.15, 0.2) is 53.6 Å². The molecule has 9 heteroatoms. The topological polar surface area (TPSA) is 91.9 Å². The Kier molecular flexibility index (Phi) is 5.99. The van der Waals surface area contributed by atoms with Crippen LogP contribution in [0.1, 0.15) is 10.4 Å². The lowest BCUT2D eigenvalue weighted by molar-refractivity contribution is 0.0903. The smallest absolute Gasteiger partial charge is 0.246 e. The van der Waals surface area contributed by atoms with Crippen molar-refractivity contribution < 1.29 is 22.7 Å². The van der Waals surface area contributed by atoms with Crippen molar-refractivity contribution in [2.75, 3.05) is 46.9 Å². The third-order valence-corrected chi connectivity index (χ3v) is 7.51. The van der Waals surface area contributed by atoms with Crippen LogP contribution in [-0.4, -0.2) is 75.3 Å². The first-order valence-corrected chi connectivity index (χ1v) is 11.4. The van der Waals surface area contributed by atoms with Crippen LogP contribution in [0.4, 0.5) is 0 Å². The van der Waals surface area contributed by atoms with Gasteiger partial charge < -0.3 is 14.5 Å². The van der Waals surface area contributed by atoms with E-state index in [0.717, 1.165) is 10.9 Å². The van der Waals surface area contributed by atoms with Gasteiger partial charge in [0.1, 0.15) is 16.4 Å². The van der Waals surface area contributed by atoms with Crippen LogP contribution in [0.5, 0.6) is 11.5 Å². The molecule has 0 amide bonds. The largest absolute Gasteiger partial charge is 0.497 e. The standard InChI is InChI=1S/C22H25N3O5S/c1-29-16-7-8-22(21(13-16)30-2)31(27,28)25-11-9-24(10-12-25)15-20(26)18-14-23-19-6-4-3-5-17(18)19/h3-8,13-14,23H,9-12,15H2,1-2H3. The molecular weight excluding hydrogens is 418 g/mol. The van der Waals surface area contributed by atoms with Gasteiger partial charge in [0.2, 0.25) is 10.0 Å². The average Bonchev–Trinajstić information content (AvgIpc) is 3.23. The van der Waals surface area contributed by atoms with Crippen molar-refractivity contribution in [3.63, 3.8) is 0 Å². The number of para-hydroxylation sites is 1. The van der Waals surface area contributed by atoms with Gasteiger partial charge in [-0.15, -0.1) is 0 Å². The number of fused-ring (bicyclic) bond motifs is 1. The fourth-order valence-corrected chi connectivity index (χ4v) is 5.40. The second-order valence-corrected chi connectivity index (χ2v) is 9.27. The molecule has 0 atom stereocenters. The maximum Gasteiger partial charge on any atom is 0.246 e. The van der Waals surface area contributed by atoms with Crippen LogP contribution in [0.2, 0.25) is 0 Å². The van der Waals surface area contributed by atoms with Crippen molar-refractivity contribution in [3.8, 4) is 11.5 Å². The Morgan fingerprint density at radius 1 is 1.03 bits per heavy atom. The number of benzene rings is 2. The molecule has 164 valence electrons. The summed E-state index contributed by atoms with van der Waals surface area (Å²) < 4.78 is 38.1. The summed E-state index contributed by atoms with van der Waals surface area (Å²) in [6, 6.07) is 12.3. The number of sulfonamides is 1. The normalized spacial score (nSPS) is 15.8. The summed E-state index contributed by atoms with van der Waals surface area (Å²) >= 11 is 0. The molecule has 3 aromatic rings. The molecule has 1 aromatic heterocycles. The molecule has 1 fully saturated rings. The number of methoxy groups -OCH3 is 2. The number of hydrogen-bond acceptors (Lipinski definition) is 6. The molecule has 2 heterocycles. The van der Waals surface area contributed by atoms with Crippen LogP contribution >= 0.6 is 0 Å². The van der Waals surface area contributed by atoms with E-state index in [2.05, 4.69) is 4.98 Å². The van der Waals surface area contributed by atoms with Gasteiger partial charge in [-0.3, -0.25) is 9.69 Å². The number of rotatable bonds is 7. The Morgan fingerprint density at radius 2 is 1.77 bits per heavy atom. The lowest BCUT2D eigenvalue weighted by Gasteiger charge is -2.33. The molecule has 2 aromatic carbocycles. The quantitative estimate of drug-likeness (QED) is 0.564. The highest BCUT2D eigenvalue weighted by Gasteiger charge is 2.31. The molecular formula is C22H25N3O5S. The molecule has 1 aliphatic heterocycles. The maximum absolute atomic E-state index is 13.1. The highest BCUT2D eigenvalue weighted by atomic mass is 32.2. The molecule has 1 saturated heterocycles. The van der Waals surface area contributed by atoms with E-state index < -0.39 is 10.0 Å². The molecule has 0 saturated carbocycles. The van der Waals surface area contributed by atoms with Gasteiger partial charge in [-0.25, -0.2) is 8.42 Å². The van der Waals surface area contributed by atoms with Gasteiger partial charge in [0.05, 0.1) is 20.8 Å². The van der Waals surface area contributed by atoms with Crippen LogP contribution in [-0.2, 0) is 10.0 Å². The third kappa shape index (κ3) is 4.16. The monoisotopic (exact) mass is 443 g/mol. The predicted octanol–water partition coefficient (Wildman–Crippen LogP) is 2.37. The van der Waals surface area contributed by atoms with Crippen LogP contribution in [0.3, 0.4) is 0 Å². The van der Waals surface area contributed by atoms with E-state index >= 15 is 0 Å². The number of Topliss-reactive ketones (excluding diaryl/α,β-unsaturated/α-hetero) is 1. The van der Waals surface area contributed by atoms with Gasteiger partial charge in [0.15, 0.2) is 5.78 Å². The van der Waals surface area contributed by atoms with Crippen LogP contribution in [0, 0.1) is 0 Å². The zero-order valence-corrected chi connectivity index (χ0v) is 18.3. The highest BCUT2D eigenvalue weighted by Crippen LogP contribution is 2.31. The molecule has 0 aliphatic carbocycles. The molecule has 4 rings (SSSR count). The highest BCUT2D eigenvalue weighted by molar-refractivity contribution is 7.89. The van der Waals surface area contributed by atoms with Crippen molar-refractivity contribution in [1.82, 2.24) is 14.2 Å². The van der Waals surface area contributed by atoms with E-state index in [1.165, 1.54) is 24.6 Å². The van der Waals surface area contributed by atoms with Crippen LogP contribution < -0.4 is 9.47 Å². The van der Waals surface area contributed by atoms with Gasteiger partial charge in [0.25, 0.3) is 0 Å². The zero-order valence-electron chi connectivity index (χ0n) is 17.5. The number of aromatic amines is 1. The predicted molar refractivity (Wildman–Crippen MR) is 117 cm³/mol. The van der Waals surface area contributed by atoms with Crippen LogP contribution in [0.25, 0.3) is 10.9 Å². The summed E-state index contributed by atoms with van der Waals surface area (Å²) in [6.45, 7) is 1.82. The minimum Gasteiger partial charge on any atom is -0.497 e. The number of ketones is 1. The summed E-state index contributed by atoms with van der Waals surface area (Å²) in [7, 11) is -0.771. The van der Waals surface area contributed by atoms with Crippen molar-refractivity contribution >= 4 is 26.7 Å². The SMILES string of the molecule is COc1ccc(S(=O)(=O)N2CCN(CC(=O)c3c[nH]c4ccccc34)CC2)c(OC)c1. The van der Waals surface area contributed by atoms with E-state index in [-0.39, 0.29) is 23.0 Å². The number of hydrogen-bond donors (Lipinski definition) is 1. The molecule has 31 heavy (non-hydrogen) atoms. The number of aromatic nitrogens is 1. The number of H-pyrrole nitrogens is 1. The van der Waals surface area contributed by atoms with Gasteiger partial charge in [-0.05, 0) is 18.2 Å². The number of carbonyl (C=O) groups excluding carboxylic acids is 1. The van der Waals surface area contributed by atoms with E-state index in [1.54, 1.807) is 18.3 Å². The van der Waals surface area contributed by atoms with Crippen molar-refractivity contribution in [3.05, 3.63) is 54.2 Å². The average molecular weight is 444 g/mol. The minimum absolute atomic E-state index is 0.0191. The summed E-state index contributed by atoms with van der Waals surface area (Å²) in [5, 5.41) is 0.903. The molecule has 1 aliphatic rings. The minimum atomic E-state index is -3.72. The van der Waals surface area contributed by atoms with E-state index in [4.69, 9.17) is 9.47 Å². The van der Waals surface area contributed by atoms with Gasteiger partial charge in [-0.1, -0.05) is 18.2 Å².